The van der Waals surface area contributed by atoms with Crippen LogP contribution in [-0.2, 0) is 17.8 Å². The van der Waals surface area contributed by atoms with E-state index in [-0.39, 0.29) is 12.5 Å². The molecular formula is C24H23N3O3. The summed E-state index contributed by atoms with van der Waals surface area (Å²) in [5.74, 6) is 2.28. The Morgan fingerprint density at radius 3 is 2.20 bits per heavy atom. The number of carbonyl (C=O) groups is 1. The van der Waals surface area contributed by atoms with Gasteiger partial charge in [-0.3, -0.25) is 4.79 Å². The lowest BCUT2D eigenvalue weighted by atomic mass is 10.1. The second kappa shape index (κ2) is 8.69. The predicted molar refractivity (Wildman–Crippen MR) is 117 cm³/mol. The van der Waals surface area contributed by atoms with Gasteiger partial charge in [0.25, 0.3) is 0 Å². The van der Waals surface area contributed by atoms with Gasteiger partial charge in [0.2, 0.25) is 5.91 Å². The van der Waals surface area contributed by atoms with Gasteiger partial charge in [0, 0.05) is 12.1 Å². The van der Waals surface area contributed by atoms with Crippen LogP contribution in [0.4, 0.5) is 5.69 Å². The summed E-state index contributed by atoms with van der Waals surface area (Å²) in [4.78, 5) is 17.5. The number of amides is 1. The average molecular weight is 401 g/mol. The Kier molecular flexibility index (Phi) is 5.66. The number of aromatic nitrogens is 2. The Balaban J connectivity index is 1.58. The summed E-state index contributed by atoms with van der Waals surface area (Å²) in [7, 11) is 3.26. The molecule has 0 saturated heterocycles. The zero-order valence-corrected chi connectivity index (χ0v) is 17.0. The molecule has 0 aliphatic heterocycles. The fourth-order valence-electron chi connectivity index (χ4n) is 3.38. The molecule has 6 heteroatoms. The third kappa shape index (κ3) is 4.27. The van der Waals surface area contributed by atoms with Gasteiger partial charge in [-0.25, -0.2) is 4.98 Å². The molecule has 3 aromatic carbocycles. The van der Waals surface area contributed by atoms with Crippen molar-refractivity contribution in [1.29, 1.82) is 0 Å². The fraction of sp³-hybridized carbons (Fsp3) is 0.167. The zero-order chi connectivity index (χ0) is 20.9. The largest absolute Gasteiger partial charge is 0.497 e. The molecule has 0 atom stereocenters. The Morgan fingerprint density at radius 2 is 1.53 bits per heavy atom. The second-order valence-electron chi connectivity index (χ2n) is 6.90. The topological polar surface area (TPSA) is 65.4 Å². The van der Waals surface area contributed by atoms with Crippen molar-refractivity contribution in [3.8, 4) is 11.5 Å². The van der Waals surface area contributed by atoms with Crippen LogP contribution in [0.25, 0.3) is 11.0 Å². The van der Waals surface area contributed by atoms with E-state index in [0.29, 0.717) is 6.42 Å². The Morgan fingerprint density at radius 1 is 0.900 bits per heavy atom. The molecule has 0 unspecified atom stereocenters. The number of nitrogens with zero attached hydrogens (tertiary/aromatic N) is 2. The van der Waals surface area contributed by atoms with E-state index in [1.54, 1.807) is 14.2 Å². The first kappa shape index (κ1) is 19.5. The molecule has 0 saturated carbocycles. The van der Waals surface area contributed by atoms with E-state index in [0.717, 1.165) is 39.6 Å². The van der Waals surface area contributed by atoms with Gasteiger partial charge >= 0.3 is 0 Å². The molecule has 0 radical (unpaired) electrons. The minimum absolute atomic E-state index is 0.112. The summed E-state index contributed by atoms with van der Waals surface area (Å²) in [6.45, 7) is 0.179. The van der Waals surface area contributed by atoms with Crippen molar-refractivity contribution in [3.05, 3.63) is 84.2 Å². The molecule has 0 aliphatic rings. The lowest BCUT2D eigenvalue weighted by molar-refractivity contribution is -0.116. The number of para-hydroxylation sites is 2. The zero-order valence-electron chi connectivity index (χ0n) is 17.0. The Hall–Kier alpha value is -3.80. The second-order valence-corrected chi connectivity index (χ2v) is 6.90. The first-order valence-corrected chi connectivity index (χ1v) is 9.67. The van der Waals surface area contributed by atoms with Crippen LogP contribution in [-0.4, -0.2) is 29.7 Å². The maximum absolute atomic E-state index is 12.8. The van der Waals surface area contributed by atoms with Gasteiger partial charge in [-0.05, 0) is 54.1 Å². The van der Waals surface area contributed by atoms with Crippen LogP contribution in [0, 0.1) is 0 Å². The molecule has 4 rings (SSSR count). The molecule has 0 fully saturated rings. The highest BCUT2D eigenvalue weighted by atomic mass is 16.5. The summed E-state index contributed by atoms with van der Waals surface area (Å²) < 4.78 is 12.4. The van der Waals surface area contributed by atoms with Gasteiger partial charge in [-0.15, -0.1) is 0 Å². The minimum atomic E-state index is -0.112. The van der Waals surface area contributed by atoms with E-state index in [2.05, 4.69) is 5.32 Å². The number of hydrogen-bond donors (Lipinski definition) is 1. The number of ether oxygens (including phenoxy) is 2. The SMILES string of the molecule is COc1ccc(Cc2nc3ccccc3n2CC(=O)Nc2ccc(OC)cc2)cc1. The van der Waals surface area contributed by atoms with Crippen LogP contribution >= 0.6 is 0 Å². The van der Waals surface area contributed by atoms with Gasteiger partial charge < -0.3 is 19.4 Å². The number of fused-ring (bicyclic) bond motifs is 1. The van der Waals surface area contributed by atoms with Crippen molar-refractivity contribution in [2.75, 3.05) is 19.5 Å². The molecule has 30 heavy (non-hydrogen) atoms. The third-order valence-corrected chi connectivity index (χ3v) is 4.93. The maximum Gasteiger partial charge on any atom is 0.244 e. The number of imidazole rings is 1. The van der Waals surface area contributed by atoms with E-state index >= 15 is 0 Å². The highest BCUT2D eigenvalue weighted by molar-refractivity contribution is 5.91. The Bertz CT molecular complexity index is 1150. The van der Waals surface area contributed by atoms with Crippen LogP contribution < -0.4 is 14.8 Å². The van der Waals surface area contributed by atoms with E-state index in [1.807, 2.05) is 77.4 Å². The van der Waals surface area contributed by atoms with E-state index in [9.17, 15) is 4.79 Å². The molecule has 0 aliphatic carbocycles. The highest BCUT2D eigenvalue weighted by Gasteiger charge is 2.14. The molecule has 1 N–H and O–H groups in total. The van der Waals surface area contributed by atoms with E-state index in [1.165, 1.54) is 0 Å². The molecule has 0 bridgehead atoms. The molecule has 1 amide bonds. The van der Waals surface area contributed by atoms with E-state index < -0.39 is 0 Å². The maximum atomic E-state index is 12.8. The number of carbonyl (C=O) groups excluding carboxylic acids is 1. The summed E-state index contributed by atoms with van der Waals surface area (Å²) in [5, 5.41) is 2.94. The summed E-state index contributed by atoms with van der Waals surface area (Å²) in [6.07, 6.45) is 0.620. The van der Waals surface area contributed by atoms with Gasteiger partial charge in [0.15, 0.2) is 0 Å². The van der Waals surface area contributed by atoms with Crippen LogP contribution in [0.5, 0.6) is 11.5 Å². The molecule has 0 spiro atoms. The van der Waals surface area contributed by atoms with Gasteiger partial charge in [-0.2, -0.15) is 0 Å². The first-order valence-electron chi connectivity index (χ1n) is 9.67. The van der Waals surface area contributed by atoms with Gasteiger partial charge in [0.05, 0.1) is 25.3 Å². The van der Waals surface area contributed by atoms with Crippen molar-refractivity contribution in [3.63, 3.8) is 0 Å². The first-order chi connectivity index (χ1) is 14.7. The number of methoxy groups -OCH3 is 2. The summed E-state index contributed by atoms with van der Waals surface area (Å²) in [6, 6.07) is 23.0. The minimum Gasteiger partial charge on any atom is -0.497 e. The number of nitrogens with one attached hydrogen (secondary N) is 1. The quantitative estimate of drug-likeness (QED) is 0.502. The lowest BCUT2D eigenvalue weighted by Gasteiger charge is -2.11. The van der Waals surface area contributed by atoms with Gasteiger partial charge in [0.1, 0.15) is 23.9 Å². The lowest BCUT2D eigenvalue weighted by Crippen LogP contribution is -2.20. The third-order valence-electron chi connectivity index (χ3n) is 4.93. The highest BCUT2D eigenvalue weighted by Crippen LogP contribution is 2.21. The summed E-state index contributed by atoms with van der Waals surface area (Å²) in [5.41, 5.74) is 3.63. The average Bonchev–Trinajstić information content (AvgIpc) is 3.11. The van der Waals surface area contributed by atoms with Crippen molar-refractivity contribution >= 4 is 22.6 Å². The number of anilines is 1. The normalized spacial score (nSPS) is 10.7. The van der Waals surface area contributed by atoms with Crippen molar-refractivity contribution < 1.29 is 14.3 Å². The standard InChI is InChI=1S/C24H23N3O3/c1-29-19-11-7-17(8-12-19)15-23-26-21-5-3-4-6-22(21)27(23)16-24(28)25-18-9-13-20(30-2)14-10-18/h3-14H,15-16H2,1-2H3,(H,25,28). The number of rotatable bonds is 7. The number of hydrogen-bond acceptors (Lipinski definition) is 4. The molecule has 1 heterocycles. The molecule has 6 nitrogen and oxygen atoms in total. The summed E-state index contributed by atoms with van der Waals surface area (Å²) >= 11 is 0. The fourth-order valence-corrected chi connectivity index (χ4v) is 3.38. The van der Waals surface area contributed by atoms with Crippen LogP contribution in [0.3, 0.4) is 0 Å². The van der Waals surface area contributed by atoms with Crippen molar-refractivity contribution in [2.45, 2.75) is 13.0 Å². The molecule has 4 aromatic rings. The Labute approximate surface area is 175 Å². The van der Waals surface area contributed by atoms with Crippen LogP contribution in [0.1, 0.15) is 11.4 Å². The van der Waals surface area contributed by atoms with Crippen LogP contribution in [0.2, 0.25) is 0 Å². The predicted octanol–water partition coefficient (Wildman–Crippen LogP) is 4.28. The smallest absolute Gasteiger partial charge is 0.244 e. The van der Waals surface area contributed by atoms with Crippen molar-refractivity contribution in [2.24, 2.45) is 0 Å². The van der Waals surface area contributed by atoms with Crippen molar-refractivity contribution in [1.82, 2.24) is 9.55 Å². The molecular weight excluding hydrogens is 378 g/mol. The van der Waals surface area contributed by atoms with E-state index in [4.69, 9.17) is 14.5 Å². The molecule has 152 valence electrons. The molecule has 1 aromatic heterocycles. The number of benzene rings is 3. The monoisotopic (exact) mass is 401 g/mol. The van der Waals surface area contributed by atoms with Crippen LogP contribution in [0.15, 0.2) is 72.8 Å². The van der Waals surface area contributed by atoms with Gasteiger partial charge in [-0.1, -0.05) is 24.3 Å².